The molecule has 4 nitrogen and oxygen atoms in total. The van der Waals surface area contributed by atoms with Gasteiger partial charge >= 0.3 is 0 Å². The summed E-state index contributed by atoms with van der Waals surface area (Å²) in [4.78, 5) is 14.8. The predicted octanol–water partition coefficient (Wildman–Crippen LogP) is 2.15. The SMILES string of the molecule is CCCCCNC(=O)C(C)N(CC1CCNCC1)C1CC1. The van der Waals surface area contributed by atoms with Gasteiger partial charge in [0.05, 0.1) is 6.04 Å². The molecular weight excluding hydrogens is 262 g/mol. The maximum Gasteiger partial charge on any atom is 0.237 e. The van der Waals surface area contributed by atoms with Crippen LogP contribution in [0.3, 0.4) is 0 Å². The number of hydrogen-bond donors (Lipinski definition) is 2. The molecule has 0 aromatic carbocycles. The quantitative estimate of drug-likeness (QED) is 0.641. The largest absolute Gasteiger partial charge is 0.355 e. The Balaban J connectivity index is 1.77. The molecule has 1 aliphatic heterocycles. The van der Waals surface area contributed by atoms with Gasteiger partial charge in [-0.15, -0.1) is 0 Å². The molecule has 2 rings (SSSR count). The summed E-state index contributed by atoms with van der Waals surface area (Å²) in [7, 11) is 0. The van der Waals surface area contributed by atoms with Crippen molar-refractivity contribution in [1.82, 2.24) is 15.5 Å². The highest BCUT2D eigenvalue weighted by atomic mass is 16.2. The van der Waals surface area contributed by atoms with Crippen molar-refractivity contribution < 1.29 is 4.79 Å². The van der Waals surface area contributed by atoms with Crippen LogP contribution in [0.4, 0.5) is 0 Å². The van der Waals surface area contributed by atoms with E-state index in [0.717, 1.165) is 38.5 Å². The third-order valence-corrected chi connectivity index (χ3v) is 4.90. The number of piperidine rings is 1. The van der Waals surface area contributed by atoms with E-state index < -0.39 is 0 Å². The summed E-state index contributed by atoms with van der Waals surface area (Å²) in [6.07, 6.45) is 8.58. The zero-order chi connectivity index (χ0) is 15.1. The Morgan fingerprint density at radius 3 is 2.57 bits per heavy atom. The monoisotopic (exact) mass is 295 g/mol. The van der Waals surface area contributed by atoms with Crippen molar-refractivity contribution in [3.63, 3.8) is 0 Å². The van der Waals surface area contributed by atoms with E-state index in [0.29, 0.717) is 6.04 Å². The molecule has 1 unspecified atom stereocenters. The first kappa shape index (κ1) is 16.8. The van der Waals surface area contributed by atoms with Crippen LogP contribution in [0.15, 0.2) is 0 Å². The molecule has 2 N–H and O–H groups in total. The standard InChI is InChI=1S/C17H33N3O/c1-3-4-5-10-19-17(21)14(2)20(16-6-7-16)13-15-8-11-18-12-9-15/h14-16,18H,3-13H2,1-2H3,(H,19,21). The van der Waals surface area contributed by atoms with Gasteiger partial charge in [0.2, 0.25) is 5.91 Å². The van der Waals surface area contributed by atoms with E-state index in [1.165, 1.54) is 38.5 Å². The third-order valence-electron chi connectivity index (χ3n) is 4.90. The van der Waals surface area contributed by atoms with Crippen molar-refractivity contribution in [2.45, 2.75) is 70.9 Å². The molecule has 2 aliphatic rings. The fourth-order valence-electron chi connectivity index (χ4n) is 3.28. The fraction of sp³-hybridized carbons (Fsp3) is 0.941. The van der Waals surface area contributed by atoms with Crippen LogP contribution in [-0.2, 0) is 4.79 Å². The molecule has 0 bridgehead atoms. The molecule has 1 aliphatic carbocycles. The van der Waals surface area contributed by atoms with Gasteiger partial charge in [-0.25, -0.2) is 0 Å². The van der Waals surface area contributed by atoms with E-state index in [9.17, 15) is 4.79 Å². The van der Waals surface area contributed by atoms with E-state index in [1.54, 1.807) is 0 Å². The Morgan fingerprint density at radius 1 is 1.24 bits per heavy atom. The minimum absolute atomic E-state index is 0.0361. The van der Waals surface area contributed by atoms with Crippen LogP contribution in [0.25, 0.3) is 0 Å². The molecule has 1 amide bonds. The number of carbonyl (C=O) groups excluding carboxylic acids is 1. The lowest BCUT2D eigenvalue weighted by molar-refractivity contribution is -0.126. The van der Waals surface area contributed by atoms with Gasteiger partial charge in [-0.05, 0) is 58.0 Å². The number of unbranched alkanes of at least 4 members (excludes halogenated alkanes) is 2. The minimum atomic E-state index is 0.0361. The molecule has 0 radical (unpaired) electrons. The molecule has 1 saturated heterocycles. The topological polar surface area (TPSA) is 44.4 Å². The summed E-state index contributed by atoms with van der Waals surface area (Å²) in [6, 6.07) is 0.699. The Labute approximate surface area is 130 Å². The van der Waals surface area contributed by atoms with Gasteiger partial charge < -0.3 is 10.6 Å². The average Bonchev–Trinajstić information content (AvgIpc) is 3.34. The summed E-state index contributed by atoms with van der Waals surface area (Å²) in [6.45, 7) is 8.51. The van der Waals surface area contributed by atoms with E-state index in [-0.39, 0.29) is 11.9 Å². The van der Waals surface area contributed by atoms with Crippen molar-refractivity contribution in [3.05, 3.63) is 0 Å². The minimum Gasteiger partial charge on any atom is -0.355 e. The van der Waals surface area contributed by atoms with Crippen LogP contribution in [0.2, 0.25) is 0 Å². The Hall–Kier alpha value is -0.610. The first-order valence-electron chi connectivity index (χ1n) is 8.96. The predicted molar refractivity (Wildman–Crippen MR) is 87.3 cm³/mol. The number of nitrogens with zero attached hydrogens (tertiary/aromatic N) is 1. The highest BCUT2D eigenvalue weighted by Crippen LogP contribution is 2.30. The first-order valence-corrected chi connectivity index (χ1v) is 8.96. The van der Waals surface area contributed by atoms with E-state index in [1.807, 2.05) is 0 Å². The molecule has 1 heterocycles. The highest BCUT2D eigenvalue weighted by Gasteiger charge is 2.36. The van der Waals surface area contributed by atoms with Gasteiger partial charge in [0, 0.05) is 19.1 Å². The molecule has 4 heteroatoms. The second-order valence-electron chi connectivity index (χ2n) is 6.80. The van der Waals surface area contributed by atoms with Crippen molar-refractivity contribution >= 4 is 5.91 Å². The fourth-order valence-corrected chi connectivity index (χ4v) is 3.28. The maximum absolute atomic E-state index is 12.4. The molecular formula is C17H33N3O. The molecule has 1 saturated carbocycles. The zero-order valence-electron chi connectivity index (χ0n) is 13.9. The third kappa shape index (κ3) is 5.59. The molecule has 1 atom stereocenters. The lowest BCUT2D eigenvalue weighted by Gasteiger charge is -2.33. The molecule has 2 fully saturated rings. The van der Waals surface area contributed by atoms with Crippen LogP contribution in [0, 0.1) is 5.92 Å². The second-order valence-corrected chi connectivity index (χ2v) is 6.80. The van der Waals surface area contributed by atoms with Crippen molar-refractivity contribution in [3.8, 4) is 0 Å². The van der Waals surface area contributed by atoms with E-state index >= 15 is 0 Å². The van der Waals surface area contributed by atoms with Gasteiger partial charge in [0.25, 0.3) is 0 Å². The van der Waals surface area contributed by atoms with Crippen LogP contribution in [0.1, 0.15) is 58.8 Å². The van der Waals surface area contributed by atoms with Gasteiger partial charge in [-0.1, -0.05) is 19.8 Å². The number of carbonyl (C=O) groups is 1. The highest BCUT2D eigenvalue weighted by molar-refractivity contribution is 5.81. The smallest absolute Gasteiger partial charge is 0.237 e. The molecule has 0 spiro atoms. The molecule has 122 valence electrons. The maximum atomic E-state index is 12.4. The van der Waals surface area contributed by atoms with Gasteiger partial charge in [0.1, 0.15) is 0 Å². The zero-order valence-corrected chi connectivity index (χ0v) is 13.9. The summed E-state index contributed by atoms with van der Waals surface area (Å²) < 4.78 is 0. The summed E-state index contributed by atoms with van der Waals surface area (Å²) in [5.41, 5.74) is 0. The Bertz CT molecular complexity index is 311. The van der Waals surface area contributed by atoms with Crippen molar-refractivity contribution in [2.75, 3.05) is 26.2 Å². The normalized spacial score (nSPS) is 21.5. The van der Waals surface area contributed by atoms with Crippen LogP contribution >= 0.6 is 0 Å². The molecule has 21 heavy (non-hydrogen) atoms. The lowest BCUT2D eigenvalue weighted by Crippen LogP contribution is -2.49. The van der Waals surface area contributed by atoms with Crippen LogP contribution in [-0.4, -0.2) is 49.1 Å². The Morgan fingerprint density at radius 2 is 1.95 bits per heavy atom. The van der Waals surface area contributed by atoms with Gasteiger partial charge in [-0.2, -0.15) is 0 Å². The van der Waals surface area contributed by atoms with Crippen LogP contribution < -0.4 is 10.6 Å². The lowest BCUT2D eigenvalue weighted by atomic mass is 9.96. The number of nitrogens with one attached hydrogen (secondary N) is 2. The van der Waals surface area contributed by atoms with Crippen molar-refractivity contribution in [1.29, 1.82) is 0 Å². The second kappa shape index (κ2) is 8.74. The number of rotatable bonds is 9. The van der Waals surface area contributed by atoms with E-state index in [4.69, 9.17) is 0 Å². The first-order chi connectivity index (χ1) is 10.2. The van der Waals surface area contributed by atoms with Crippen LogP contribution in [0.5, 0.6) is 0 Å². The average molecular weight is 295 g/mol. The Kier molecular flexibility index (Phi) is 6.97. The summed E-state index contributed by atoms with van der Waals surface area (Å²) in [5, 5.41) is 6.55. The number of hydrogen-bond acceptors (Lipinski definition) is 3. The van der Waals surface area contributed by atoms with E-state index in [2.05, 4.69) is 29.4 Å². The molecule has 0 aromatic heterocycles. The van der Waals surface area contributed by atoms with Crippen molar-refractivity contribution in [2.24, 2.45) is 5.92 Å². The molecule has 0 aromatic rings. The van der Waals surface area contributed by atoms with Gasteiger partial charge in [-0.3, -0.25) is 9.69 Å². The summed E-state index contributed by atoms with van der Waals surface area (Å²) in [5.74, 6) is 0.995. The number of amides is 1. The van der Waals surface area contributed by atoms with Gasteiger partial charge in [0.15, 0.2) is 0 Å². The summed E-state index contributed by atoms with van der Waals surface area (Å²) >= 11 is 0.